The smallest absolute Gasteiger partial charge is 0.338 e. The number of carbonyl (C=O) groups excluding carboxylic acids is 3. The zero-order valence-corrected chi connectivity index (χ0v) is 21.8. The van der Waals surface area contributed by atoms with E-state index in [1.54, 1.807) is 60.4 Å². The molecule has 1 saturated heterocycles. The molecule has 1 aliphatic rings. The number of thiocarbonyl (C=S) groups is 1. The lowest BCUT2D eigenvalue weighted by atomic mass is 10.1. The lowest BCUT2D eigenvalue weighted by molar-refractivity contribution is -0.124. The summed E-state index contributed by atoms with van der Waals surface area (Å²) in [7, 11) is 0. The number of amides is 2. The van der Waals surface area contributed by atoms with Crippen molar-refractivity contribution in [1.29, 1.82) is 0 Å². The first-order valence-electron chi connectivity index (χ1n) is 11.9. The molecule has 4 rings (SSSR count). The minimum atomic E-state index is -0.769. The maximum absolute atomic E-state index is 13.5. The Balaban J connectivity index is 1.51. The van der Waals surface area contributed by atoms with E-state index in [4.69, 9.17) is 28.6 Å². The Labute approximate surface area is 226 Å². The minimum absolute atomic E-state index is 0.0928. The predicted molar refractivity (Wildman–Crippen MR) is 148 cm³/mol. The summed E-state index contributed by atoms with van der Waals surface area (Å²) < 4.78 is 4.99. The van der Waals surface area contributed by atoms with Crippen LogP contribution < -0.4 is 10.2 Å². The van der Waals surface area contributed by atoms with Crippen molar-refractivity contribution in [2.24, 2.45) is 0 Å². The van der Waals surface area contributed by atoms with E-state index >= 15 is 0 Å². The summed E-state index contributed by atoms with van der Waals surface area (Å²) in [5.74, 6) is -1.06. The van der Waals surface area contributed by atoms with Crippen molar-refractivity contribution in [2.45, 2.75) is 25.8 Å². The van der Waals surface area contributed by atoms with Gasteiger partial charge in [-0.05, 0) is 73.6 Å². The molecular formula is C28H26ClN3O4S. The molecule has 3 aromatic carbocycles. The third-order valence-corrected chi connectivity index (χ3v) is 6.58. The predicted octanol–water partition coefficient (Wildman–Crippen LogP) is 5.09. The average molecular weight is 536 g/mol. The number of benzene rings is 3. The molecule has 0 saturated carbocycles. The molecule has 0 spiro atoms. The number of ether oxygens (including phenoxy) is 1. The van der Waals surface area contributed by atoms with E-state index in [0.717, 1.165) is 5.56 Å². The molecule has 0 aliphatic carbocycles. The Morgan fingerprint density at radius 2 is 1.76 bits per heavy atom. The highest BCUT2D eigenvalue weighted by Gasteiger charge is 2.44. The Morgan fingerprint density at radius 3 is 2.43 bits per heavy atom. The fourth-order valence-electron chi connectivity index (χ4n) is 4.13. The van der Waals surface area contributed by atoms with Gasteiger partial charge >= 0.3 is 5.97 Å². The number of rotatable bonds is 9. The Bertz CT molecular complexity index is 1300. The van der Waals surface area contributed by atoms with Gasteiger partial charge in [0.05, 0.1) is 24.3 Å². The number of nitrogens with zero attached hydrogens (tertiary/aromatic N) is 2. The topological polar surface area (TPSA) is 78.9 Å². The Hall–Kier alpha value is -3.75. The fraction of sp³-hybridized carbons (Fsp3) is 0.214. The second-order valence-electron chi connectivity index (χ2n) is 8.43. The van der Waals surface area contributed by atoms with Crippen LogP contribution in [0.3, 0.4) is 0 Å². The minimum Gasteiger partial charge on any atom is -0.462 e. The number of hydrogen-bond donors (Lipinski definition) is 1. The molecule has 7 nitrogen and oxygen atoms in total. The number of nitrogens with one attached hydrogen (secondary N) is 1. The van der Waals surface area contributed by atoms with Gasteiger partial charge < -0.3 is 15.0 Å². The summed E-state index contributed by atoms with van der Waals surface area (Å²) in [5, 5.41) is 3.62. The maximum atomic E-state index is 13.5. The van der Waals surface area contributed by atoms with Crippen molar-refractivity contribution in [3.63, 3.8) is 0 Å². The molecule has 1 atom stereocenters. The van der Waals surface area contributed by atoms with Crippen LogP contribution >= 0.6 is 23.8 Å². The molecule has 0 bridgehead atoms. The second kappa shape index (κ2) is 12.0. The average Bonchev–Trinajstić information content (AvgIpc) is 3.12. The molecule has 190 valence electrons. The van der Waals surface area contributed by atoms with Gasteiger partial charge in [0.1, 0.15) is 6.04 Å². The summed E-state index contributed by atoms with van der Waals surface area (Å²) >= 11 is 11.9. The molecule has 1 N–H and O–H groups in total. The van der Waals surface area contributed by atoms with Crippen LogP contribution in [0.5, 0.6) is 0 Å². The number of anilines is 2. The molecule has 3 aromatic rings. The first-order valence-corrected chi connectivity index (χ1v) is 12.7. The SMILES string of the molecule is CCOC(=O)c1ccc(NC(=O)CC2C(=O)N(c3cccc(Cl)c3)C(=S)N2CCc2ccccc2)cc1. The third kappa shape index (κ3) is 6.34. The van der Waals surface area contributed by atoms with E-state index in [1.165, 1.54) is 4.90 Å². The van der Waals surface area contributed by atoms with Crippen LogP contribution in [0.25, 0.3) is 0 Å². The van der Waals surface area contributed by atoms with Gasteiger partial charge in [0.15, 0.2) is 5.11 Å². The molecule has 1 aliphatic heterocycles. The molecule has 0 radical (unpaired) electrons. The number of hydrogen-bond acceptors (Lipinski definition) is 5. The van der Waals surface area contributed by atoms with Gasteiger partial charge in [0, 0.05) is 17.3 Å². The molecule has 1 fully saturated rings. The van der Waals surface area contributed by atoms with Crippen LogP contribution in [0, 0.1) is 0 Å². The zero-order valence-electron chi connectivity index (χ0n) is 20.2. The van der Waals surface area contributed by atoms with E-state index in [2.05, 4.69) is 5.32 Å². The molecule has 1 heterocycles. The summed E-state index contributed by atoms with van der Waals surface area (Å²) in [4.78, 5) is 41.6. The summed E-state index contributed by atoms with van der Waals surface area (Å²) in [6, 6.07) is 22.4. The number of carbonyl (C=O) groups is 3. The van der Waals surface area contributed by atoms with Crippen molar-refractivity contribution in [1.82, 2.24) is 4.90 Å². The molecule has 9 heteroatoms. The van der Waals surface area contributed by atoms with Crippen molar-refractivity contribution >= 4 is 58.1 Å². The standard InChI is InChI=1S/C28H26ClN3O4S/c1-2-36-27(35)20-11-13-22(14-12-20)30-25(33)18-24-26(34)32(23-10-6-9-21(29)17-23)28(37)31(24)16-15-19-7-4-3-5-8-19/h3-14,17,24H,2,15-16,18H2,1H3,(H,30,33). The molecular weight excluding hydrogens is 510 g/mol. The van der Waals surface area contributed by atoms with Gasteiger partial charge in [-0.2, -0.15) is 0 Å². The number of halogens is 1. The highest BCUT2D eigenvalue weighted by atomic mass is 35.5. The highest BCUT2D eigenvalue weighted by molar-refractivity contribution is 7.80. The molecule has 1 unspecified atom stereocenters. The fourth-order valence-corrected chi connectivity index (χ4v) is 4.72. The zero-order chi connectivity index (χ0) is 26.4. The van der Waals surface area contributed by atoms with E-state index < -0.39 is 12.0 Å². The van der Waals surface area contributed by atoms with Gasteiger partial charge in [0.25, 0.3) is 5.91 Å². The van der Waals surface area contributed by atoms with E-state index in [-0.39, 0.29) is 24.8 Å². The Morgan fingerprint density at radius 1 is 1.03 bits per heavy atom. The number of esters is 1. The van der Waals surface area contributed by atoms with Crippen molar-refractivity contribution in [3.8, 4) is 0 Å². The van der Waals surface area contributed by atoms with Gasteiger partial charge in [0.2, 0.25) is 5.91 Å². The Kier molecular flexibility index (Phi) is 8.53. The first-order chi connectivity index (χ1) is 17.9. The molecule has 37 heavy (non-hydrogen) atoms. The summed E-state index contributed by atoms with van der Waals surface area (Å²) in [6.07, 6.45) is 0.565. The normalized spacial score (nSPS) is 15.1. The largest absolute Gasteiger partial charge is 0.462 e. The van der Waals surface area contributed by atoms with Crippen molar-refractivity contribution < 1.29 is 19.1 Å². The van der Waals surface area contributed by atoms with E-state index in [1.807, 2.05) is 30.3 Å². The van der Waals surface area contributed by atoms with E-state index in [0.29, 0.717) is 40.0 Å². The maximum Gasteiger partial charge on any atom is 0.338 e. The first kappa shape index (κ1) is 26.3. The second-order valence-corrected chi connectivity index (χ2v) is 9.23. The van der Waals surface area contributed by atoms with Crippen LogP contribution in [-0.2, 0) is 20.7 Å². The van der Waals surface area contributed by atoms with Gasteiger partial charge in [-0.25, -0.2) is 4.79 Å². The monoisotopic (exact) mass is 535 g/mol. The van der Waals surface area contributed by atoms with E-state index in [9.17, 15) is 14.4 Å². The lowest BCUT2D eigenvalue weighted by Gasteiger charge is -2.24. The van der Waals surface area contributed by atoms with Crippen LogP contribution in [-0.4, -0.2) is 47.0 Å². The lowest BCUT2D eigenvalue weighted by Crippen LogP contribution is -2.39. The molecule has 2 amide bonds. The van der Waals surface area contributed by atoms with Gasteiger partial charge in [-0.15, -0.1) is 0 Å². The summed E-state index contributed by atoms with van der Waals surface area (Å²) in [5.41, 5.74) is 2.56. The highest BCUT2D eigenvalue weighted by Crippen LogP contribution is 2.29. The van der Waals surface area contributed by atoms with Crippen molar-refractivity contribution in [3.05, 3.63) is 95.0 Å². The quantitative estimate of drug-likeness (QED) is 0.304. The van der Waals surface area contributed by atoms with Gasteiger partial charge in [-0.1, -0.05) is 48.0 Å². The van der Waals surface area contributed by atoms with Crippen molar-refractivity contribution in [2.75, 3.05) is 23.4 Å². The molecule has 0 aromatic heterocycles. The van der Waals surface area contributed by atoms with Gasteiger partial charge in [-0.3, -0.25) is 14.5 Å². The van der Waals surface area contributed by atoms with Crippen LogP contribution in [0.1, 0.15) is 29.3 Å². The van der Waals surface area contributed by atoms with Crippen LogP contribution in [0.15, 0.2) is 78.9 Å². The van der Waals surface area contributed by atoms with Crippen LogP contribution in [0.2, 0.25) is 5.02 Å². The summed E-state index contributed by atoms with van der Waals surface area (Å²) in [6.45, 7) is 2.48. The van der Waals surface area contributed by atoms with Crippen LogP contribution in [0.4, 0.5) is 11.4 Å². The third-order valence-electron chi connectivity index (χ3n) is 5.93.